The first-order chi connectivity index (χ1) is 17.7. The van der Waals surface area contributed by atoms with Gasteiger partial charge in [0.1, 0.15) is 17.9 Å². The number of Topliss-reactive ketones (excluding diaryl/α,β-unsaturated/α-hetero) is 1. The van der Waals surface area contributed by atoms with Gasteiger partial charge in [-0.05, 0) is 33.6 Å². The molecule has 3 atom stereocenters. The van der Waals surface area contributed by atoms with E-state index in [0.29, 0.717) is 13.0 Å². The molecule has 0 aromatic rings. The molecule has 0 aliphatic heterocycles. The van der Waals surface area contributed by atoms with Crippen molar-refractivity contribution in [3.8, 4) is 0 Å². The quantitative estimate of drug-likeness (QED) is 0.106. The molecular formula is C24H39N3O11. The molecule has 38 heavy (non-hydrogen) atoms. The third kappa shape index (κ3) is 17.0. The molecule has 0 saturated heterocycles. The van der Waals surface area contributed by atoms with Crippen LogP contribution in [0.4, 0.5) is 0 Å². The number of unbranched alkanes of at least 4 members (excludes halogenated alkanes) is 3. The van der Waals surface area contributed by atoms with Crippen molar-refractivity contribution in [2.75, 3.05) is 13.2 Å². The predicted octanol–water partition coefficient (Wildman–Crippen LogP) is 0.0770. The minimum absolute atomic E-state index is 0.144. The second-order valence-electron chi connectivity index (χ2n) is 9.14. The van der Waals surface area contributed by atoms with E-state index in [2.05, 4.69) is 16.0 Å². The van der Waals surface area contributed by atoms with Crippen molar-refractivity contribution in [3.05, 3.63) is 0 Å². The van der Waals surface area contributed by atoms with Crippen molar-refractivity contribution in [2.24, 2.45) is 5.92 Å². The molecule has 0 spiro atoms. The molecule has 0 aliphatic carbocycles. The molecule has 216 valence electrons. The first kappa shape index (κ1) is 34.5. The maximum absolute atomic E-state index is 12.7. The lowest BCUT2D eigenvalue weighted by Gasteiger charge is -2.23. The summed E-state index contributed by atoms with van der Waals surface area (Å²) in [6, 6.07) is -3.31. The van der Waals surface area contributed by atoms with Crippen molar-refractivity contribution >= 4 is 41.4 Å². The van der Waals surface area contributed by atoms with Crippen LogP contribution >= 0.6 is 0 Å². The summed E-state index contributed by atoms with van der Waals surface area (Å²) >= 11 is 0. The second-order valence-corrected chi connectivity index (χ2v) is 9.14. The fraction of sp³-hybridized carbons (Fsp3) is 0.708. The van der Waals surface area contributed by atoms with Crippen LogP contribution in [-0.4, -0.2) is 88.1 Å². The van der Waals surface area contributed by atoms with Crippen LogP contribution in [0.25, 0.3) is 0 Å². The Bertz CT molecular complexity index is 828. The van der Waals surface area contributed by atoms with Crippen molar-refractivity contribution in [1.29, 1.82) is 0 Å². The van der Waals surface area contributed by atoms with E-state index in [0.717, 1.165) is 26.2 Å². The number of rotatable bonds is 21. The Kier molecular flexibility index (Phi) is 16.9. The van der Waals surface area contributed by atoms with Crippen molar-refractivity contribution < 1.29 is 53.6 Å². The predicted molar refractivity (Wildman–Crippen MR) is 132 cm³/mol. The minimum Gasteiger partial charge on any atom is -0.481 e. The number of carbonyl (C=O) groups is 7. The molecule has 0 aliphatic rings. The Morgan fingerprint density at radius 2 is 1.16 bits per heavy atom. The number of aliphatic carboxylic acids is 3. The van der Waals surface area contributed by atoms with E-state index in [1.54, 1.807) is 0 Å². The normalized spacial score (nSPS) is 13.2. The Morgan fingerprint density at radius 1 is 0.658 bits per heavy atom. The van der Waals surface area contributed by atoms with Gasteiger partial charge in [-0.1, -0.05) is 12.8 Å². The number of ether oxygens (including phenoxy) is 1. The van der Waals surface area contributed by atoms with Crippen LogP contribution in [0.5, 0.6) is 0 Å². The van der Waals surface area contributed by atoms with Crippen LogP contribution in [0.1, 0.15) is 72.1 Å². The van der Waals surface area contributed by atoms with Crippen molar-refractivity contribution in [2.45, 2.75) is 90.3 Å². The van der Waals surface area contributed by atoms with E-state index < -0.39 is 85.1 Å². The van der Waals surface area contributed by atoms with Gasteiger partial charge in [-0.3, -0.25) is 28.8 Å². The first-order valence-electron chi connectivity index (χ1n) is 12.4. The molecule has 0 bridgehead atoms. The number of carboxylic acids is 3. The van der Waals surface area contributed by atoms with Gasteiger partial charge >= 0.3 is 17.9 Å². The highest BCUT2D eigenvalue weighted by atomic mass is 16.5. The van der Waals surface area contributed by atoms with Crippen molar-refractivity contribution in [3.63, 3.8) is 0 Å². The highest BCUT2D eigenvalue weighted by Crippen LogP contribution is 2.11. The number of carboxylic acid groups (broad SMARTS) is 3. The lowest BCUT2D eigenvalue weighted by molar-refractivity contribution is -0.144. The molecule has 0 saturated carbocycles. The topological polar surface area (TPSA) is 225 Å². The minimum atomic E-state index is -1.75. The Hall–Kier alpha value is -3.55. The molecule has 0 radical (unpaired) electrons. The lowest BCUT2D eigenvalue weighted by Crippen LogP contribution is -2.55. The van der Waals surface area contributed by atoms with Gasteiger partial charge in [-0.25, -0.2) is 0 Å². The summed E-state index contributed by atoms with van der Waals surface area (Å²) < 4.78 is 5.44. The Balaban J connectivity index is 5.16. The monoisotopic (exact) mass is 545 g/mol. The number of carbonyl (C=O) groups excluding carboxylic acids is 4. The zero-order valence-electron chi connectivity index (χ0n) is 22.0. The maximum atomic E-state index is 12.7. The largest absolute Gasteiger partial charge is 0.481 e. The summed E-state index contributed by atoms with van der Waals surface area (Å²) in [7, 11) is 0. The molecule has 0 aromatic heterocycles. The second kappa shape index (κ2) is 18.7. The van der Waals surface area contributed by atoms with Gasteiger partial charge in [-0.15, -0.1) is 0 Å². The number of ketones is 1. The van der Waals surface area contributed by atoms with Crippen LogP contribution in [0.3, 0.4) is 0 Å². The molecule has 3 amide bonds. The van der Waals surface area contributed by atoms with Gasteiger partial charge in [-0.2, -0.15) is 0 Å². The fourth-order valence-corrected chi connectivity index (χ4v) is 3.38. The summed E-state index contributed by atoms with van der Waals surface area (Å²) in [6.45, 7) is 5.85. The average Bonchev–Trinajstić information content (AvgIpc) is 2.77. The molecular weight excluding hydrogens is 506 g/mol. The highest BCUT2D eigenvalue weighted by Gasteiger charge is 2.32. The molecule has 0 aromatic carbocycles. The van der Waals surface area contributed by atoms with Crippen LogP contribution in [0.2, 0.25) is 0 Å². The van der Waals surface area contributed by atoms with Crippen LogP contribution in [0.15, 0.2) is 0 Å². The Morgan fingerprint density at radius 3 is 1.66 bits per heavy atom. The molecule has 0 heterocycles. The summed E-state index contributed by atoms with van der Waals surface area (Å²) in [5.74, 6) is -9.12. The van der Waals surface area contributed by atoms with E-state index in [-0.39, 0.29) is 12.6 Å². The van der Waals surface area contributed by atoms with Gasteiger partial charge in [0.15, 0.2) is 0 Å². The average molecular weight is 546 g/mol. The van der Waals surface area contributed by atoms with E-state index >= 15 is 0 Å². The van der Waals surface area contributed by atoms with Crippen LogP contribution in [0, 0.1) is 5.92 Å². The van der Waals surface area contributed by atoms with Gasteiger partial charge in [0.25, 0.3) is 0 Å². The molecule has 6 N–H and O–H groups in total. The van der Waals surface area contributed by atoms with E-state index in [1.807, 2.05) is 13.8 Å². The van der Waals surface area contributed by atoms with E-state index in [4.69, 9.17) is 20.1 Å². The molecule has 0 fully saturated rings. The summed E-state index contributed by atoms with van der Waals surface area (Å²) in [5, 5.41) is 34.1. The number of hydrogen-bond donors (Lipinski definition) is 6. The smallest absolute Gasteiger partial charge is 0.305 e. The standard InChI is InChI=1S/C24H39N3O11/c1-14(2)38-9-7-5-4-6-8-25-23(36)17(12-20(31)32)27-24(37)18(13-21(33)34)26-22(35)16(10-15(3)28)11-19(29)30/h14,16-18H,4-13H2,1-3H3,(H,25,36)(H,26,35)(H,27,37)(H,29,30)(H,31,32)(H,33,34)/t16-,17-,18-/m0/s1. The fourth-order valence-electron chi connectivity index (χ4n) is 3.38. The third-order valence-electron chi connectivity index (χ3n) is 5.17. The summed E-state index contributed by atoms with van der Waals surface area (Å²) in [6.07, 6.45) is 0.313. The van der Waals surface area contributed by atoms with E-state index in [9.17, 15) is 33.6 Å². The summed E-state index contributed by atoms with van der Waals surface area (Å²) in [5.41, 5.74) is 0. The molecule has 14 nitrogen and oxygen atoms in total. The Labute approximate surface area is 220 Å². The number of amides is 3. The zero-order chi connectivity index (χ0) is 29.3. The SMILES string of the molecule is CC(=O)C[C@@H](CC(=O)O)C(=O)N[C@@H](CC(=O)O)C(=O)N[C@@H](CC(=O)O)C(=O)NCCCCCCOC(C)C. The van der Waals surface area contributed by atoms with E-state index in [1.165, 1.54) is 0 Å². The third-order valence-corrected chi connectivity index (χ3v) is 5.17. The molecule has 14 heteroatoms. The highest BCUT2D eigenvalue weighted by molar-refractivity contribution is 5.96. The first-order valence-corrected chi connectivity index (χ1v) is 12.4. The summed E-state index contributed by atoms with van der Waals surface area (Å²) in [4.78, 5) is 82.8. The van der Waals surface area contributed by atoms with Crippen LogP contribution in [-0.2, 0) is 38.3 Å². The number of hydrogen-bond acceptors (Lipinski definition) is 8. The van der Waals surface area contributed by atoms with Gasteiger partial charge < -0.3 is 40.8 Å². The van der Waals surface area contributed by atoms with Crippen LogP contribution < -0.4 is 16.0 Å². The van der Waals surface area contributed by atoms with Crippen molar-refractivity contribution in [1.82, 2.24) is 16.0 Å². The van der Waals surface area contributed by atoms with Gasteiger partial charge in [0.05, 0.1) is 31.3 Å². The lowest BCUT2D eigenvalue weighted by atomic mass is 9.97. The molecule has 0 unspecified atom stereocenters. The van der Waals surface area contributed by atoms with Gasteiger partial charge in [0, 0.05) is 19.6 Å². The van der Waals surface area contributed by atoms with Gasteiger partial charge in [0.2, 0.25) is 17.7 Å². The maximum Gasteiger partial charge on any atom is 0.305 e. The number of nitrogens with one attached hydrogen (secondary N) is 3. The molecule has 0 rings (SSSR count). The zero-order valence-corrected chi connectivity index (χ0v) is 22.0.